The second-order valence-electron chi connectivity index (χ2n) is 8.54. The predicted molar refractivity (Wildman–Crippen MR) is 116 cm³/mol. The van der Waals surface area contributed by atoms with Crippen LogP contribution >= 0.6 is 11.6 Å². The first kappa shape index (κ1) is 20.9. The molecule has 1 saturated heterocycles. The van der Waals surface area contributed by atoms with E-state index in [4.69, 9.17) is 11.6 Å². The maximum atomic E-state index is 12.3. The van der Waals surface area contributed by atoms with Gasteiger partial charge in [-0.2, -0.15) is 0 Å². The van der Waals surface area contributed by atoms with Crippen molar-refractivity contribution >= 4 is 33.0 Å². The molecule has 6 heteroatoms. The Morgan fingerprint density at radius 3 is 2.29 bits per heavy atom. The van der Waals surface area contributed by atoms with E-state index >= 15 is 0 Å². The fourth-order valence-electron chi connectivity index (χ4n) is 3.46. The van der Waals surface area contributed by atoms with Gasteiger partial charge < -0.3 is 5.32 Å². The summed E-state index contributed by atoms with van der Waals surface area (Å²) in [4.78, 5) is 12.3. The molecule has 2 aromatic carbocycles. The van der Waals surface area contributed by atoms with Crippen LogP contribution in [0.1, 0.15) is 39.2 Å². The minimum Gasteiger partial charge on any atom is -0.325 e. The van der Waals surface area contributed by atoms with E-state index in [1.54, 1.807) is 6.07 Å². The average Bonchev–Trinajstić information content (AvgIpc) is 2.94. The van der Waals surface area contributed by atoms with Crippen LogP contribution in [0.5, 0.6) is 0 Å². The quantitative estimate of drug-likeness (QED) is 0.752. The molecule has 0 saturated carbocycles. The van der Waals surface area contributed by atoms with Crippen LogP contribution in [0.4, 0.5) is 5.69 Å². The van der Waals surface area contributed by atoms with Crippen molar-refractivity contribution in [2.45, 2.75) is 39.0 Å². The van der Waals surface area contributed by atoms with Crippen LogP contribution in [0.3, 0.4) is 0 Å². The molecule has 1 aliphatic rings. The smallest absolute Gasteiger partial charge is 0.224 e. The van der Waals surface area contributed by atoms with Crippen molar-refractivity contribution in [3.63, 3.8) is 0 Å². The first-order chi connectivity index (χ1) is 13.0. The third-order valence-corrected chi connectivity index (χ3v) is 7.28. The molecular weight excluding hydrogens is 394 g/mol. The molecule has 4 nitrogen and oxygen atoms in total. The highest BCUT2D eigenvalue weighted by Crippen LogP contribution is 2.31. The van der Waals surface area contributed by atoms with Gasteiger partial charge in [-0.15, -0.1) is 0 Å². The Morgan fingerprint density at radius 1 is 1.11 bits per heavy atom. The number of nitrogens with one attached hydrogen (secondary N) is 1. The SMILES string of the molecule is CC(C)(C)c1ccc(-c2ccc(NC(=O)C[C@H]3CCS(=O)(=O)C3)c(Cl)c2)cc1. The summed E-state index contributed by atoms with van der Waals surface area (Å²) in [6.45, 7) is 6.53. The number of rotatable bonds is 4. The molecule has 0 aliphatic carbocycles. The molecule has 1 atom stereocenters. The Kier molecular flexibility index (Phi) is 5.87. The van der Waals surface area contributed by atoms with Gasteiger partial charge in [-0.05, 0) is 46.6 Å². The summed E-state index contributed by atoms with van der Waals surface area (Å²) in [5.74, 6) is -0.0397. The third-order valence-electron chi connectivity index (χ3n) is 5.13. The number of carbonyl (C=O) groups excluding carboxylic acids is 1. The molecule has 2 aromatic rings. The summed E-state index contributed by atoms with van der Waals surface area (Å²) in [5, 5.41) is 3.27. The van der Waals surface area contributed by atoms with E-state index in [0.717, 1.165) is 11.1 Å². The lowest BCUT2D eigenvalue weighted by atomic mass is 9.86. The highest BCUT2D eigenvalue weighted by molar-refractivity contribution is 7.91. The van der Waals surface area contributed by atoms with Crippen LogP contribution in [0.25, 0.3) is 11.1 Å². The minimum atomic E-state index is -2.98. The number of hydrogen-bond donors (Lipinski definition) is 1. The number of sulfone groups is 1. The summed E-state index contributed by atoms with van der Waals surface area (Å²) in [7, 11) is -2.98. The molecule has 1 aliphatic heterocycles. The Balaban J connectivity index is 1.68. The normalized spacial score (nSPS) is 18.8. The van der Waals surface area contributed by atoms with E-state index in [1.165, 1.54) is 5.56 Å². The zero-order valence-electron chi connectivity index (χ0n) is 16.5. The number of halogens is 1. The molecule has 1 N–H and O–H groups in total. The molecule has 0 spiro atoms. The van der Waals surface area contributed by atoms with Crippen LogP contribution in [-0.2, 0) is 20.0 Å². The molecule has 1 fully saturated rings. The van der Waals surface area contributed by atoms with Crippen molar-refractivity contribution < 1.29 is 13.2 Å². The largest absolute Gasteiger partial charge is 0.325 e. The predicted octanol–water partition coefficient (Wildman–Crippen LogP) is 5.07. The molecule has 0 unspecified atom stereocenters. The van der Waals surface area contributed by atoms with Crippen LogP contribution in [0.2, 0.25) is 5.02 Å². The van der Waals surface area contributed by atoms with E-state index in [1.807, 2.05) is 12.1 Å². The zero-order valence-corrected chi connectivity index (χ0v) is 18.0. The van der Waals surface area contributed by atoms with Crippen molar-refractivity contribution in [3.8, 4) is 11.1 Å². The number of anilines is 1. The Morgan fingerprint density at radius 2 is 1.75 bits per heavy atom. The van der Waals surface area contributed by atoms with Gasteiger partial charge in [-0.1, -0.05) is 62.7 Å². The molecule has 150 valence electrons. The summed E-state index contributed by atoms with van der Waals surface area (Å²) >= 11 is 6.38. The second kappa shape index (κ2) is 7.88. The van der Waals surface area contributed by atoms with Crippen molar-refractivity contribution in [1.29, 1.82) is 0 Å². The summed E-state index contributed by atoms with van der Waals surface area (Å²) in [5.41, 5.74) is 3.94. The molecule has 0 aromatic heterocycles. The fourth-order valence-corrected chi connectivity index (χ4v) is 5.54. The van der Waals surface area contributed by atoms with Gasteiger partial charge in [0.1, 0.15) is 0 Å². The molecule has 28 heavy (non-hydrogen) atoms. The number of amides is 1. The molecule has 3 rings (SSSR count). The maximum absolute atomic E-state index is 12.3. The molecule has 0 bridgehead atoms. The van der Waals surface area contributed by atoms with Crippen LogP contribution in [0.15, 0.2) is 42.5 Å². The number of hydrogen-bond acceptors (Lipinski definition) is 3. The van der Waals surface area contributed by atoms with Crippen LogP contribution in [-0.4, -0.2) is 25.8 Å². The maximum Gasteiger partial charge on any atom is 0.224 e. The van der Waals surface area contributed by atoms with Crippen LogP contribution < -0.4 is 5.32 Å². The van der Waals surface area contributed by atoms with Gasteiger partial charge in [0.15, 0.2) is 9.84 Å². The Hall–Kier alpha value is -1.85. The van der Waals surface area contributed by atoms with Crippen molar-refractivity contribution in [1.82, 2.24) is 0 Å². The molecule has 1 amide bonds. The zero-order chi connectivity index (χ0) is 20.5. The van der Waals surface area contributed by atoms with Gasteiger partial charge in [0, 0.05) is 6.42 Å². The van der Waals surface area contributed by atoms with Crippen molar-refractivity contribution in [2.75, 3.05) is 16.8 Å². The second-order valence-corrected chi connectivity index (χ2v) is 11.2. The average molecular weight is 420 g/mol. The Labute approximate surface area is 172 Å². The van der Waals surface area contributed by atoms with Gasteiger partial charge in [-0.3, -0.25) is 4.79 Å². The first-order valence-electron chi connectivity index (χ1n) is 9.44. The van der Waals surface area contributed by atoms with E-state index in [0.29, 0.717) is 17.1 Å². The van der Waals surface area contributed by atoms with Crippen molar-refractivity contribution in [2.24, 2.45) is 5.92 Å². The van der Waals surface area contributed by atoms with Crippen molar-refractivity contribution in [3.05, 3.63) is 53.1 Å². The molecular formula is C22H26ClNO3S. The lowest BCUT2D eigenvalue weighted by Gasteiger charge is -2.19. The molecule has 0 radical (unpaired) electrons. The van der Waals surface area contributed by atoms with Gasteiger partial charge in [0.2, 0.25) is 5.91 Å². The topological polar surface area (TPSA) is 63.2 Å². The van der Waals surface area contributed by atoms with Gasteiger partial charge in [0.25, 0.3) is 0 Å². The first-order valence-corrected chi connectivity index (χ1v) is 11.6. The highest BCUT2D eigenvalue weighted by Gasteiger charge is 2.29. The number of carbonyl (C=O) groups is 1. The third kappa shape index (κ3) is 5.15. The van der Waals surface area contributed by atoms with Gasteiger partial charge >= 0.3 is 0 Å². The summed E-state index contributed by atoms with van der Waals surface area (Å²) in [6.07, 6.45) is 0.749. The van der Waals surface area contributed by atoms with E-state index in [9.17, 15) is 13.2 Å². The van der Waals surface area contributed by atoms with E-state index < -0.39 is 9.84 Å². The molecule has 1 heterocycles. The standard InChI is InChI=1S/C22H26ClNO3S/c1-22(2,3)18-7-4-16(5-8-18)17-6-9-20(19(23)13-17)24-21(25)12-15-10-11-28(26,27)14-15/h4-9,13,15H,10-12,14H2,1-3H3,(H,24,25)/t15-/m1/s1. The minimum absolute atomic E-state index is 0.0949. The highest BCUT2D eigenvalue weighted by atomic mass is 35.5. The lowest BCUT2D eigenvalue weighted by molar-refractivity contribution is -0.116. The van der Waals surface area contributed by atoms with Crippen LogP contribution in [0, 0.1) is 5.92 Å². The monoisotopic (exact) mass is 419 g/mol. The summed E-state index contributed by atoms with van der Waals surface area (Å²) in [6, 6.07) is 13.9. The Bertz CT molecular complexity index is 976. The fraction of sp³-hybridized carbons (Fsp3) is 0.409. The van der Waals surface area contributed by atoms with E-state index in [2.05, 4.69) is 50.4 Å². The van der Waals surface area contributed by atoms with Gasteiger partial charge in [-0.25, -0.2) is 8.42 Å². The van der Waals surface area contributed by atoms with E-state index in [-0.39, 0.29) is 35.2 Å². The lowest BCUT2D eigenvalue weighted by Crippen LogP contribution is -2.17. The number of benzene rings is 2. The summed E-state index contributed by atoms with van der Waals surface area (Å²) < 4.78 is 23.1. The van der Waals surface area contributed by atoms with Gasteiger partial charge in [0.05, 0.1) is 22.2 Å².